The van der Waals surface area contributed by atoms with Crippen LogP contribution in [-0.4, -0.2) is 21.3 Å². The van der Waals surface area contributed by atoms with Crippen LogP contribution in [0.2, 0.25) is 0 Å². The van der Waals surface area contributed by atoms with Crippen LogP contribution in [0.15, 0.2) is 12.1 Å². The van der Waals surface area contributed by atoms with Crippen LogP contribution in [0.4, 0.5) is 0 Å². The molecule has 5 heteroatoms. The van der Waals surface area contributed by atoms with Crippen LogP contribution in [0.1, 0.15) is 25.5 Å². The minimum atomic E-state index is -0.686. The highest BCUT2D eigenvalue weighted by Gasteiger charge is 2.17. The van der Waals surface area contributed by atoms with Gasteiger partial charge in [-0.25, -0.2) is 0 Å². The normalized spacial score (nSPS) is 12.1. The van der Waals surface area contributed by atoms with Crippen molar-refractivity contribution >= 4 is 5.97 Å². The van der Waals surface area contributed by atoms with Gasteiger partial charge in [0, 0.05) is 12.5 Å². The zero-order valence-electron chi connectivity index (χ0n) is 8.39. The van der Waals surface area contributed by atoms with Gasteiger partial charge in [0.15, 0.2) is 11.5 Å². The number of carbonyl (C=O) groups is 1. The van der Waals surface area contributed by atoms with E-state index in [1.807, 2.05) is 0 Å². The van der Waals surface area contributed by atoms with Crippen LogP contribution in [0.25, 0.3) is 0 Å². The molecule has 5 nitrogen and oxygen atoms in total. The van der Waals surface area contributed by atoms with Gasteiger partial charge in [0.25, 0.3) is 0 Å². The lowest BCUT2D eigenvalue weighted by Gasteiger charge is -2.14. The first-order valence-electron chi connectivity index (χ1n) is 4.34. The highest BCUT2D eigenvalue weighted by Crippen LogP contribution is 2.40. The standard InChI is InChI=1S/C10H12O5/c1-5(15-6(2)11)7-3-4-8(12)10(14)9(7)13/h3-5,12-14H,1-2H3. The molecule has 0 amide bonds. The van der Waals surface area contributed by atoms with Gasteiger partial charge in [-0.05, 0) is 19.1 Å². The van der Waals surface area contributed by atoms with Crippen molar-refractivity contribution in [2.45, 2.75) is 20.0 Å². The van der Waals surface area contributed by atoms with E-state index >= 15 is 0 Å². The summed E-state index contributed by atoms with van der Waals surface area (Å²) in [7, 11) is 0. The number of hydrogen-bond donors (Lipinski definition) is 3. The first-order valence-corrected chi connectivity index (χ1v) is 4.34. The lowest BCUT2D eigenvalue weighted by Crippen LogP contribution is -2.04. The van der Waals surface area contributed by atoms with Crippen molar-refractivity contribution in [2.75, 3.05) is 0 Å². The number of benzene rings is 1. The minimum absolute atomic E-state index is 0.237. The summed E-state index contributed by atoms with van der Waals surface area (Å²) in [6.07, 6.45) is -0.686. The lowest BCUT2D eigenvalue weighted by atomic mass is 10.1. The second-order valence-corrected chi connectivity index (χ2v) is 3.12. The van der Waals surface area contributed by atoms with E-state index in [2.05, 4.69) is 0 Å². The summed E-state index contributed by atoms with van der Waals surface area (Å²) in [5.41, 5.74) is 0.237. The maximum absolute atomic E-state index is 10.7. The van der Waals surface area contributed by atoms with Crippen molar-refractivity contribution in [2.24, 2.45) is 0 Å². The van der Waals surface area contributed by atoms with E-state index in [9.17, 15) is 15.0 Å². The molecule has 1 aromatic rings. The fraction of sp³-hybridized carbons (Fsp3) is 0.300. The summed E-state index contributed by atoms with van der Waals surface area (Å²) in [6, 6.07) is 2.59. The summed E-state index contributed by atoms with van der Waals surface area (Å²) in [4.78, 5) is 10.7. The van der Waals surface area contributed by atoms with Crippen molar-refractivity contribution in [3.8, 4) is 17.2 Å². The molecule has 0 aliphatic carbocycles. The molecular weight excluding hydrogens is 200 g/mol. The summed E-state index contributed by atoms with van der Waals surface area (Å²) < 4.78 is 4.82. The molecule has 0 saturated heterocycles. The third-order valence-corrected chi connectivity index (χ3v) is 1.94. The molecule has 0 fully saturated rings. The van der Waals surface area contributed by atoms with Gasteiger partial charge < -0.3 is 20.1 Å². The quantitative estimate of drug-likeness (QED) is 0.510. The van der Waals surface area contributed by atoms with E-state index in [1.54, 1.807) is 6.92 Å². The van der Waals surface area contributed by atoms with Crippen LogP contribution < -0.4 is 0 Å². The maximum Gasteiger partial charge on any atom is 0.303 e. The Morgan fingerprint density at radius 1 is 1.27 bits per heavy atom. The molecule has 0 saturated carbocycles. The van der Waals surface area contributed by atoms with Crippen LogP contribution >= 0.6 is 0 Å². The first-order chi connectivity index (χ1) is 6.93. The summed E-state index contributed by atoms with van der Waals surface area (Å²) in [5.74, 6) is -2.02. The van der Waals surface area contributed by atoms with Gasteiger partial charge in [-0.1, -0.05) is 0 Å². The third kappa shape index (κ3) is 2.31. The van der Waals surface area contributed by atoms with Crippen LogP contribution in [0, 0.1) is 0 Å². The molecule has 3 N–H and O–H groups in total. The first kappa shape index (κ1) is 11.2. The number of phenols is 3. The Morgan fingerprint density at radius 3 is 2.40 bits per heavy atom. The molecule has 0 aromatic heterocycles. The predicted molar refractivity (Wildman–Crippen MR) is 51.6 cm³/mol. The van der Waals surface area contributed by atoms with E-state index < -0.39 is 29.3 Å². The number of ether oxygens (including phenoxy) is 1. The number of rotatable bonds is 2. The van der Waals surface area contributed by atoms with E-state index in [-0.39, 0.29) is 5.56 Å². The monoisotopic (exact) mass is 212 g/mol. The number of phenolic OH excluding ortho intramolecular Hbond substituents is 3. The Bertz CT molecular complexity index is 386. The summed E-state index contributed by atoms with van der Waals surface area (Å²) in [5, 5.41) is 27.8. The summed E-state index contributed by atoms with van der Waals surface area (Å²) in [6.45, 7) is 2.79. The average molecular weight is 212 g/mol. The van der Waals surface area contributed by atoms with Crippen molar-refractivity contribution in [3.05, 3.63) is 17.7 Å². The Labute approximate surface area is 86.5 Å². The van der Waals surface area contributed by atoms with E-state index in [4.69, 9.17) is 9.84 Å². The fourth-order valence-corrected chi connectivity index (χ4v) is 1.23. The van der Waals surface area contributed by atoms with Gasteiger partial charge in [0.05, 0.1) is 0 Å². The molecule has 0 aliphatic heterocycles. The zero-order valence-corrected chi connectivity index (χ0v) is 8.39. The Hall–Kier alpha value is -1.91. The number of aromatic hydroxyl groups is 3. The third-order valence-electron chi connectivity index (χ3n) is 1.94. The average Bonchev–Trinajstić information content (AvgIpc) is 2.13. The molecule has 0 radical (unpaired) electrons. The largest absolute Gasteiger partial charge is 0.504 e. The van der Waals surface area contributed by atoms with E-state index in [0.29, 0.717) is 0 Å². The molecule has 1 rings (SSSR count). The van der Waals surface area contributed by atoms with Crippen molar-refractivity contribution in [1.82, 2.24) is 0 Å². The number of esters is 1. The van der Waals surface area contributed by atoms with E-state index in [0.717, 1.165) is 0 Å². The molecule has 1 unspecified atom stereocenters. The summed E-state index contributed by atoms with van der Waals surface area (Å²) >= 11 is 0. The highest BCUT2D eigenvalue weighted by molar-refractivity contribution is 5.66. The fourth-order valence-electron chi connectivity index (χ4n) is 1.23. The topological polar surface area (TPSA) is 87.0 Å². The predicted octanol–water partition coefficient (Wildman–Crippen LogP) is 1.43. The van der Waals surface area contributed by atoms with Crippen molar-refractivity contribution < 1.29 is 24.9 Å². The molecule has 0 spiro atoms. The Kier molecular flexibility index (Phi) is 3.04. The van der Waals surface area contributed by atoms with Crippen LogP contribution in [-0.2, 0) is 9.53 Å². The maximum atomic E-state index is 10.7. The second-order valence-electron chi connectivity index (χ2n) is 3.12. The van der Waals surface area contributed by atoms with Gasteiger partial charge in [0.2, 0.25) is 5.75 Å². The van der Waals surface area contributed by atoms with Gasteiger partial charge in [-0.3, -0.25) is 4.79 Å². The molecule has 1 atom stereocenters. The number of hydrogen-bond acceptors (Lipinski definition) is 5. The molecule has 15 heavy (non-hydrogen) atoms. The smallest absolute Gasteiger partial charge is 0.303 e. The van der Waals surface area contributed by atoms with E-state index in [1.165, 1.54) is 19.1 Å². The van der Waals surface area contributed by atoms with Gasteiger partial charge >= 0.3 is 5.97 Å². The SMILES string of the molecule is CC(=O)OC(C)c1ccc(O)c(O)c1O. The molecule has 0 bridgehead atoms. The number of carbonyl (C=O) groups excluding carboxylic acids is 1. The van der Waals surface area contributed by atoms with Crippen LogP contribution in [0.5, 0.6) is 17.2 Å². The molecule has 82 valence electrons. The lowest BCUT2D eigenvalue weighted by molar-refractivity contribution is -0.145. The zero-order chi connectivity index (χ0) is 11.6. The van der Waals surface area contributed by atoms with Gasteiger partial charge in [-0.15, -0.1) is 0 Å². The molecular formula is C10H12O5. The Balaban J connectivity index is 3.05. The Morgan fingerprint density at radius 2 is 1.87 bits per heavy atom. The van der Waals surface area contributed by atoms with Crippen molar-refractivity contribution in [1.29, 1.82) is 0 Å². The minimum Gasteiger partial charge on any atom is -0.504 e. The second kappa shape index (κ2) is 4.08. The van der Waals surface area contributed by atoms with Crippen LogP contribution in [0.3, 0.4) is 0 Å². The van der Waals surface area contributed by atoms with Crippen molar-refractivity contribution in [3.63, 3.8) is 0 Å². The van der Waals surface area contributed by atoms with Gasteiger partial charge in [-0.2, -0.15) is 0 Å². The molecule has 0 aliphatic rings. The highest BCUT2D eigenvalue weighted by atomic mass is 16.5. The molecule has 1 aromatic carbocycles. The van der Waals surface area contributed by atoms with Gasteiger partial charge in [0.1, 0.15) is 6.10 Å². The molecule has 0 heterocycles.